The predicted molar refractivity (Wildman–Crippen MR) is 210 cm³/mol. The Morgan fingerprint density at radius 2 is 1.83 bits per heavy atom. The number of alkyl halides is 2. The highest BCUT2D eigenvalue weighted by Gasteiger charge is 2.44. The van der Waals surface area contributed by atoms with Gasteiger partial charge in [0.2, 0.25) is 11.8 Å². The van der Waals surface area contributed by atoms with E-state index in [1.54, 1.807) is 36.7 Å². The zero-order valence-corrected chi connectivity index (χ0v) is 32.3. The molecule has 3 aromatic heterocycles. The van der Waals surface area contributed by atoms with Crippen LogP contribution in [0.3, 0.4) is 0 Å². The smallest absolute Gasteiger partial charge is 0.272 e. The Morgan fingerprint density at radius 1 is 1.05 bits per heavy atom. The average Bonchev–Trinajstić information content (AvgIpc) is 3.93. The largest absolute Gasteiger partial charge is 0.485 e. The Balaban J connectivity index is 0.814. The number of rotatable bonds is 10. The van der Waals surface area contributed by atoms with Crippen molar-refractivity contribution < 1.29 is 37.8 Å². The van der Waals surface area contributed by atoms with Crippen molar-refractivity contribution in [3.8, 4) is 5.75 Å². The van der Waals surface area contributed by atoms with Gasteiger partial charge >= 0.3 is 0 Å². The lowest BCUT2D eigenvalue weighted by atomic mass is 9.88. The highest BCUT2D eigenvalue weighted by molar-refractivity contribution is 6.09. The number of carbonyl (C=O) groups is 4. The van der Waals surface area contributed by atoms with E-state index in [2.05, 4.69) is 37.6 Å². The number of amides is 4. The monoisotopic (exact) mass is 810 g/mol. The topological polar surface area (TPSA) is 180 Å². The summed E-state index contributed by atoms with van der Waals surface area (Å²) >= 11 is 0. The van der Waals surface area contributed by atoms with E-state index >= 15 is 0 Å². The van der Waals surface area contributed by atoms with Gasteiger partial charge in [0.1, 0.15) is 24.0 Å². The highest BCUT2D eigenvalue weighted by Crippen LogP contribution is 2.39. The fourth-order valence-electron chi connectivity index (χ4n) is 9.18. The minimum atomic E-state index is -2.70. The van der Waals surface area contributed by atoms with Crippen LogP contribution >= 0.6 is 0 Å². The molecule has 1 aliphatic carbocycles. The molecule has 3 aliphatic heterocycles. The molecule has 4 aliphatic rings. The van der Waals surface area contributed by atoms with Crippen LogP contribution in [0.15, 0.2) is 61.2 Å². The van der Waals surface area contributed by atoms with Crippen LogP contribution in [0, 0.1) is 0 Å². The standard InChI is InChI=1S/C41H44F2N10O6/c1-49(25-11-15-50(16-12-25)27-7-8-28-29(18-27)41(58)53(40(28)57)33-9-10-36(54)47-39(33)56)24-3-5-26(6-4-24)52-21-23-17-32(34(19-31(23)48-52)59-22-35(42)43)46-38(55)30-20-45-51-14-2-13-44-37(30)51/h2,7-8,13-14,17-21,24-26,33,35,40,57H,3-6,9-12,15-16,22H2,1H3,(H,46,55)(H,47,54,56)/t24-,26-,33?,40?. The molecule has 4 amide bonds. The number of nitrogens with one attached hydrogen (secondary N) is 2. The number of nitrogens with zero attached hydrogens (tertiary/aromatic N) is 8. The van der Waals surface area contributed by atoms with Crippen LogP contribution in [0.5, 0.6) is 5.75 Å². The van der Waals surface area contributed by atoms with Crippen molar-refractivity contribution in [1.29, 1.82) is 0 Å². The summed E-state index contributed by atoms with van der Waals surface area (Å²) in [5.41, 5.74) is 3.15. The third kappa shape index (κ3) is 7.35. The van der Waals surface area contributed by atoms with Crippen LogP contribution in [0.4, 0.5) is 20.2 Å². The first-order valence-corrected chi connectivity index (χ1v) is 20.0. The van der Waals surface area contributed by atoms with E-state index in [1.165, 1.54) is 15.6 Å². The summed E-state index contributed by atoms with van der Waals surface area (Å²) < 4.78 is 35.3. The summed E-state index contributed by atoms with van der Waals surface area (Å²) in [5.74, 6) is -1.76. The maximum atomic E-state index is 13.4. The van der Waals surface area contributed by atoms with E-state index in [4.69, 9.17) is 9.84 Å². The minimum Gasteiger partial charge on any atom is -0.485 e. The molecular formula is C41H44F2N10O6. The molecule has 0 radical (unpaired) electrons. The van der Waals surface area contributed by atoms with Crippen LogP contribution in [-0.4, -0.2) is 114 Å². The molecule has 16 nitrogen and oxygen atoms in total. The summed E-state index contributed by atoms with van der Waals surface area (Å²) in [5, 5.41) is 25.8. The van der Waals surface area contributed by atoms with Crippen molar-refractivity contribution in [2.45, 2.75) is 88.2 Å². The number of aromatic nitrogens is 5. The van der Waals surface area contributed by atoms with E-state index in [9.17, 15) is 33.1 Å². The second-order valence-corrected chi connectivity index (χ2v) is 15.8. The SMILES string of the molecule is CN(C1CCN(c2ccc3c(c2)C(=O)N(C2CCC(=O)NC2=O)C3O)CC1)[C@H]1CC[C@H](n2cc3cc(NC(=O)c4cnn5cccnc45)c(OCC(F)F)cc3n2)CC1. The first kappa shape index (κ1) is 38.5. The molecule has 0 bridgehead atoms. The number of carbonyl (C=O) groups excluding carboxylic acids is 4. The maximum absolute atomic E-state index is 13.4. The van der Waals surface area contributed by atoms with Crippen molar-refractivity contribution in [1.82, 2.24) is 39.5 Å². The molecule has 2 atom stereocenters. The van der Waals surface area contributed by atoms with E-state index in [0.717, 1.165) is 62.7 Å². The minimum absolute atomic E-state index is 0.0945. The number of aliphatic hydroxyl groups is 1. The number of anilines is 2. The molecule has 9 rings (SSSR count). The van der Waals surface area contributed by atoms with Crippen molar-refractivity contribution in [2.24, 2.45) is 0 Å². The number of fused-ring (bicyclic) bond motifs is 3. The van der Waals surface area contributed by atoms with Gasteiger partial charge in [0.25, 0.3) is 18.2 Å². The molecule has 6 heterocycles. The molecule has 308 valence electrons. The quantitative estimate of drug-likeness (QED) is 0.171. The van der Waals surface area contributed by atoms with Gasteiger partial charge < -0.3 is 25.0 Å². The number of piperidine rings is 2. The zero-order valence-electron chi connectivity index (χ0n) is 32.3. The average molecular weight is 811 g/mol. The number of halogens is 2. The van der Waals surface area contributed by atoms with Crippen LogP contribution in [-0.2, 0) is 9.59 Å². The summed E-state index contributed by atoms with van der Waals surface area (Å²) in [6.07, 6.45) is 8.57. The van der Waals surface area contributed by atoms with Crippen molar-refractivity contribution in [2.75, 3.05) is 37.0 Å². The van der Waals surface area contributed by atoms with Gasteiger partial charge in [-0.3, -0.25) is 34.1 Å². The van der Waals surface area contributed by atoms with Gasteiger partial charge in [-0.15, -0.1) is 0 Å². The molecule has 3 N–H and O–H groups in total. The highest BCUT2D eigenvalue weighted by atomic mass is 19.3. The van der Waals surface area contributed by atoms with Crippen molar-refractivity contribution in [3.63, 3.8) is 0 Å². The Labute approximate surface area is 337 Å². The summed E-state index contributed by atoms with van der Waals surface area (Å²) in [7, 11) is 2.20. The van der Waals surface area contributed by atoms with Gasteiger partial charge in [-0.25, -0.2) is 18.3 Å². The first-order chi connectivity index (χ1) is 28.5. The molecule has 59 heavy (non-hydrogen) atoms. The van der Waals surface area contributed by atoms with Crippen molar-refractivity contribution >= 4 is 51.6 Å². The summed E-state index contributed by atoms with van der Waals surface area (Å²) in [4.78, 5) is 61.1. The Kier molecular flexibility index (Phi) is 10.2. The lowest BCUT2D eigenvalue weighted by Gasteiger charge is -2.43. The van der Waals surface area contributed by atoms with E-state index in [0.29, 0.717) is 34.4 Å². The lowest BCUT2D eigenvalue weighted by molar-refractivity contribution is -0.139. The second-order valence-electron chi connectivity index (χ2n) is 15.8. The van der Waals surface area contributed by atoms with Crippen LogP contribution in [0.2, 0.25) is 0 Å². The maximum Gasteiger partial charge on any atom is 0.272 e. The third-order valence-electron chi connectivity index (χ3n) is 12.4. The molecule has 18 heteroatoms. The zero-order chi connectivity index (χ0) is 40.9. The molecule has 2 aromatic carbocycles. The fourth-order valence-corrected chi connectivity index (χ4v) is 9.18. The van der Waals surface area contributed by atoms with Crippen LogP contribution in [0.1, 0.15) is 89.9 Å². The van der Waals surface area contributed by atoms with E-state index in [-0.39, 0.29) is 41.8 Å². The fraction of sp³-hybridized carbons (Fsp3) is 0.439. The van der Waals surface area contributed by atoms with Crippen LogP contribution < -0.4 is 20.3 Å². The van der Waals surface area contributed by atoms with Crippen molar-refractivity contribution in [3.05, 3.63) is 77.9 Å². The van der Waals surface area contributed by atoms with E-state index < -0.39 is 43.0 Å². The summed E-state index contributed by atoms with van der Waals surface area (Å²) in [6, 6.07) is 10.5. The number of benzene rings is 2. The van der Waals surface area contributed by atoms with Gasteiger partial charge in [0.15, 0.2) is 11.9 Å². The Hall–Kier alpha value is -6.01. The summed E-state index contributed by atoms with van der Waals surface area (Å²) in [6.45, 7) is 0.771. The van der Waals surface area contributed by atoms with Gasteiger partial charge in [0.05, 0.1) is 23.4 Å². The molecular weight excluding hydrogens is 767 g/mol. The number of aliphatic hydroxyl groups excluding tert-OH is 1. The third-order valence-corrected chi connectivity index (χ3v) is 12.4. The molecule has 5 aromatic rings. The second kappa shape index (κ2) is 15.6. The number of ether oxygens (including phenoxy) is 1. The Morgan fingerprint density at radius 3 is 2.59 bits per heavy atom. The van der Waals surface area contributed by atoms with Crippen LogP contribution in [0.25, 0.3) is 16.6 Å². The molecule has 3 fully saturated rings. The Bertz CT molecular complexity index is 2440. The normalized spacial score (nSPS) is 22.8. The lowest BCUT2D eigenvalue weighted by Crippen LogP contribution is -2.53. The number of hydrogen-bond donors (Lipinski definition) is 3. The van der Waals surface area contributed by atoms with Gasteiger partial charge in [-0.1, -0.05) is 6.07 Å². The number of imide groups is 1. The molecule has 2 saturated heterocycles. The molecule has 1 saturated carbocycles. The molecule has 2 unspecified atom stereocenters. The van der Waals surface area contributed by atoms with Gasteiger partial charge in [-0.05, 0) is 76.3 Å². The van der Waals surface area contributed by atoms with E-state index in [1.807, 2.05) is 23.0 Å². The van der Waals surface area contributed by atoms with Gasteiger partial charge in [-0.2, -0.15) is 10.2 Å². The predicted octanol–water partition coefficient (Wildman–Crippen LogP) is 4.31. The first-order valence-electron chi connectivity index (χ1n) is 20.0. The number of hydrogen-bond acceptors (Lipinski definition) is 11. The van der Waals surface area contributed by atoms with Gasteiger partial charge in [0, 0.05) is 78.5 Å². The molecule has 0 spiro atoms.